The molecule has 0 bridgehead atoms. The molecule has 0 unspecified atom stereocenters. The highest BCUT2D eigenvalue weighted by Gasteiger charge is 2.16. The third-order valence-corrected chi connectivity index (χ3v) is 5.50. The maximum atomic E-state index is 12.4. The molecule has 3 aromatic rings. The number of hydrogen-bond acceptors (Lipinski definition) is 5. The molecule has 7 nitrogen and oxygen atoms in total. The number of aromatic nitrogens is 3. The maximum Gasteiger partial charge on any atom is 0.231 e. The van der Waals surface area contributed by atoms with Gasteiger partial charge in [-0.1, -0.05) is 6.07 Å². The molecule has 0 atom stereocenters. The lowest BCUT2D eigenvalue weighted by molar-refractivity contribution is -0.121. The normalized spacial score (nSPS) is 12.6. The van der Waals surface area contributed by atoms with Crippen molar-refractivity contribution in [2.75, 3.05) is 13.3 Å². The van der Waals surface area contributed by atoms with Crippen LogP contribution in [0.3, 0.4) is 0 Å². The molecule has 1 aliphatic heterocycles. The zero-order valence-corrected chi connectivity index (χ0v) is 17.3. The monoisotopic (exact) mass is 394 g/mol. The predicted octanol–water partition coefficient (Wildman–Crippen LogP) is 2.91. The first-order valence-corrected chi connectivity index (χ1v) is 9.88. The second kappa shape index (κ2) is 7.73. The van der Waals surface area contributed by atoms with Crippen LogP contribution < -0.4 is 14.8 Å². The van der Waals surface area contributed by atoms with E-state index in [1.807, 2.05) is 43.8 Å². The standard InChI is InChI=1S/C22H26N4O3/c1-13-17(14(2)24-22-21(13)15(3)25-26(22)4)6-8-20(27)23-10-9-16-5-7-18-19(11-16)29-12-28-18/h5,7,11H,6,8-10,12H2,1-4H3,(H,23,27). The lowest BCUT2D eigenvalue weighted by Gasteiger charge is -2.11. The van der Waals surface area contributed by atoms with E-state index >= 15 is 0 Å². The van der Waals surface area contributed by atoms with Gasteiger partial charge in [-0.3, -0.25) is 9.48 Å². The molecule has 1 aliphatic rings. The largest absolute Gasteiger partial charge is 0.454 e. The molecule has 0 spiro atoms. The van der Waals surface area contributed by atoms with Gasteiger partial charge >= 0.3 is 0 Å². The first-order valence-electron chi connectivity index (χ1n) is 9.88. The van der Waals surface area contributed by atoms with Crippen molar-refractivity contribution in [2.24, 2.45) is 7.05 Å². The van der Waals surface area contributed by atoms with Crippen molar-refractivity contribution in [1.82, 2.24) is 20.1 Å². The number of aryl methyl sites for hydroxylation is 4. The summed E-state index contributed by atoms with van der Waals surface area (Å²) in [7, 11) is 1.91. The quantitative estimate of drug-likeness (QED) is 0.696. The van der Waals surface area contributed by atoms with Crippen LogP contribution >= 0.6 is 0 Å². The Labute approximate surface area is 170 Å². The van der Waals surface area contributed by atoms with Gasteiger partial charge in [0.15, 0.2) is 17.1 Å². The number of ether oxygens (including phenoxy) is 2. The van der Waals surface area contributed by atoms with Crippen molar-refractivity contribution in [1.29, 1.82) is 0 Å². The Hall–Kier alpha value is -3.09. The van der Waals surface area contributed by atoms with E-state index in [0.717, 1.165) is 51.5 Å². The summed E-state index contributed by atoms with van der Waals surface area (Å²) in [5, 5.41) is 8.58. The molecule has 0 radical (unpaired) electrons. The fourth-order valence-corrected chi connectivity index (χ4v) is 4.00. The molecule has 1 N–H and O–H groups in total. The topological polar surface area (TPSA) is 78.3 Å². The summed E-state index contributed by atoms with van der Waals surface area (Å²) in [4.78, 5) is 17.1. The average Bonchev–Trinajstić information content (AvgIpc) is 3.25. The van der Waals surface area contributed by atoms with E-state index in [4.69, 9.17) is 14.5 Å². The van der Waals surface area contributed by atoms with Crippen LogP contribution in [-0.2, 0) is 24.7 Å². The number of pyridine rings is 1. The van der Waals surface area contributed by atoms with Crippen LogP contribution in [0.1, 0.15) is 34.5 Å². The van der Waals surface area contributed by atoms with E-state index < -0.39 is 0 Å². The summed E-state index contributed by atoms with van der Waals surface area (Å²) in [5.41, 5.74) is 6.26. The van der Waals surface area contributed by atoms with Crippen molar-refractivity contribution in [3.63, 3.8) is 0 Å². The van der Waals surface area contributed by atoms with Gasteiger partial charge in [-0.15, -0.1) is 0 Å². The number of benzene rings is 1. The van der Waals surface area contributed by atoms with Gasteiger partial charge in [-0.05, 0) is 62.4 Å². The zero-order chi connectivity index (χ0) is 20.5. The van der Waals surface area contributed by atoms with Crippen molar-refractivity contribution in [3.8, 4) is 11.5 Å². The Morgan fingerprint density at radius 2 is 1.93 bits per heavy atom. The first kappa shape index (κ1) is 19.2. The highest BCUT2D eigenvalue weighted by atomic mass is 16.7. The molecule has 2 aromatic heterocycles. The lowest BCUT2D eigenvalue weighted by atomic mass is 9.99. The molecular weight excluding hydrogens is 368 g/mol. The number of carbonyl (C=O) groups excluding carboxylic acids is 1. The van der Waals surface area contributed by atoms with Crippen molar-refractivity contribution >= 4 is 16.9 Å². The Balaban J connectivity index is 1.34. The van der Waals surface area contributed by atoms with Gasteiger partial charge in [0.05, 0.1) is 5.69 Å². The molecule has 0 saturated carbocycles. The van der Waals surface area contributed by atoms with E-state index in [9.17, 15) is 4.79 Å². The highest BCUT2D eigenvalue weighted by molar-refractivity contribution is 5.84. The zero-order valence-electron chi connectivity index (χ0n) is 17.3. The molecular formula is C22H26N4O3. The molecule has 3 heterocycles. The summed E-state index contributed by atoms with van der Waals surface area (Å²) in [5.74, 6) is 1.60. The van der Waals surface area contributed by atoms with Crippen molar-refractivity contribution < 1.29 is 14.3 Å². The summed E-state index contributed by atoms with van der Waals surface area (Å²) in [6.07, 6.45) is 1.86. The number of carbonyl (C=O) groups is 1. The van der Waals surface area contributed by atoms with Gasteiger partial charge in [-0.2, -0.15) is 5.10 Å². The van der Waals surface area contributed by atoms with Crippen LogP contribution in [0.4, 0.5) is 0 Å². The van der Waals surface area contributed by atoms with E-state index in [2.05, 4.69) is 17.3 Å². The van der Waals surface area contributed by atoms with Crippen LogP contribution in [0.2, 0.25) is 0 Å². The maximum absolute atomic E-state index is 12.4. The highest BCUT2D eigenvalue weighted by Crippen LogP contribution is 2.32. The number of fused-ring (bicyclic) bond motifs is 2. The van der Waals surface area contributed by atoms with E-state index in [-0.39, 0.29) is 12.7 Å². The summed E-state index contributed by atoms with van der Waals surface area (Å²) in [6, 6.07) is 5.89. The Kier molecular flexibility index (Phi) is 5.13. The molecule has 29 heavy (non-hydrogen) atoms. The molecule has 4 rings (SSSR count). The third-order valence-electron chi connectivity index (χ3n) is 5.50. The van der Waals surface area contributed by atoms with Crippen LogP contribution in [-0.4, -0.2) is 34.0 Å². The van der Waals surface area contributed by atoms with Gasteiger partial charge in [0.1, 0.15) is 0 Å². The number of rotatable bonds is 6. The van der Waals surface area contributed by atoms with Crippen molar-refractivity contribution in [2.45, 2.75) is 40.0 Å². The van der Waals surface area contributed by atoms with Crippen LogP contribution in [0, 0.1) is 20.8 Å². The second-order valence-electron chi connectivity index (χ2n) is 7.50. The van der Waals surface area contributed by atoms with Gasteiger partial charge in [0.25, 0.3) is 0 Å². The Morgan fingerprint density at radius 3 is 2.76 bits per heavy atom. The van der Waals surface area contributed by atoms with Gasteiger partial charge in [-0.25, -0.2) is 4.98 Å². The molecule has 1 amide bonds. The Bertz CT molecular complexity index is 1090. The number of nitrogens with one attached hydrogen (secondary N) is 1. The van der Waals surface area contributed by atoms with Crippen LogP contribution in [0.5, 0.6) is 11.5 Å². The fraction of sp³-hybridized carbons (Fsp3) is 0.409. The minimum absolute atomic E-state index is 0.0487. The number of amides is 1. The van der Waals surface area contributed by atoms with E-state index in [1.54, 1.807) is 0 Å². The average molecular weight is 394 g/mol. The number of hydrogen-bond donors (Lipinski definition) is 1. The van der Waals surface area contributed by atoms with Gasteiger partial charge in [0, 0.05) is 31.1 Å². The van der Waals surface area contributed by atoms with Crippen LogP contribution in [0.15, 0.2) is 18.2 Å². The molecule has 7 heteroatoms. The minimum Gasteiger partial charge on any atom is -0.454 e. The van der Waals surface area contributed by atoms with Gasteiger partial charge in [0.2, 0.25) is 12.7 Å². The predicted molar refractivity (Wildman–Crippen MR) is 110 cm³/mol. The van der Waals surface area contributed by atoms with E-state index in [0.29, 0.717) is 19.4 Å². The van der Waals surface area contributed by atoms with Crippen molar-refractivity contribution in [3.05, 3.63) is 46.3 Å². The SMILES string of the molecule is Cc1nc2c(c(C)nn2C)c(C)c1CCC(=O)NCCc1ccc2c(c1)OCO2. The molecule has 152 valence electrons. The second-order valence-corrected chi connectivity index (χ2v) is 7.50. The molecule has 1 aromatic carbocycles. The molecule has 0 saturated heterocycles. The van der Waals surface area contributed by atoms with Crippen LogP contribution in [0.25, 0.3) is 11.0 Å². The summed E-state index contributed by atoms with van der Waals surface area (Å²) in [6.45, 7) is 6.96. The third kappa shape index (κ3) is 3.77. The smallest absolute Gasteiger partial charge is 0.231 e. The minimum atomic E-state index is 0.0487. The Morgan fingerprint density at radius 1 is 1.14 bits per heavy atom. The molecule has 0 aliphatic carbocycles. The van der Waals surface area contributed by atoms with E-state index in [1.165, 1.54) is 5.56 Å². The van der Waals surface area contributed by atoms with Gasteiger partial charge < -0.3 is 14.8 Å². The number of nitrogens with zero attached hydrogens (tertiary/aromatic N) is 3. The first-order chi connectivity index (χ1) is 13.9. The lowest BCUT2D eigenvalue weighted by Crippen LogP contribution is -2.26. The molecule has 0 fully saturated rings. The summed E-state index contributed by atoms with van der Waals surface area (Å²) >= 11 is 0. The fourth-order valence-electron chi connectivity index (χ4n) is 4.00. The summed E-state index contributed by atoms with van der Waals surface area (Å²) < 4.78 is 12.5.